The Balaban J connectivity index is 1.74. The molecule has 0 amide bonds. The van der Waals surface area contributed by atoms with E-state index in [1.165, 1.54) is 7.11 Å². The van der Waals surface area contributed by atoms with Gasteiger partial charge in [0.25, 0.3) is 0 Å². The van der Waals surface area contributed by atoms with Crippen molar-refractivity contribution in [3.63, 3.8) is 0 Å². The van der Waals surface area contributed by atoms with Crippen molar-refractivity contribution in [3.05, 3.63) is 102 Å². The minimum absolute atomic E-state index is 0.579. The Kier molecular flexibility index (Phi) is 5.36. The Morgan fingerprint density at radius 1 is 0.862 bits per heavy atom. The minimum atomic E-state index is -1.12. The summed E-state index contributed by atoms with van der Waals surface area (Å²) in [7, 11) is 1.31. The molecule has 1 N–H and O–H groups in total. The molecule has 2 atom stereocenters. The van der Waals surface area contributed by atoms with E-state index in [0.29, 0.717) is 5.71 Å². The zero-order valence-corrected chi connectivity index (χ0v) is 16.0. The van der Waals surface area contributed by atoms with E-state index in [2.05, 4.69) is 4.99 Å². The van der Waals surface area contributed by atoms with E-state index in [-0.39, 0.29) is 0 Å². The Morgan fingerprint density at radius 3 is 1.93 bits per heavy atom. The molecule has 0 fully saturated rings. The molecular weight excluding hydrogens is 362 g/mol. The van der Waals surface area contributed by atoms with Gasteiger partial charge in [0.05, 0.1) is 12.8 Å². The summed E-state index contributed by atoms with van der Waals surface area (Å²) in [5, 5.41) is 10.7. The number of aliphatic hydroxyl groups excluding tert-OH is 1. The summed E-state index contributed by atoms with van der Waals surface area (Å²) in [5.41, 5.74) is 5.65. The number of esters is 1. The molecule has 0 aromatic heterocycles. The van der Waals surface area contributed by atoms with Crippen LogP contribution in [-0.4, -0.2) is 36.0 Å². The maximum atomic E-state index is 12.5. The van der Waals surface area contributed by atoms with E-state index in [1.54, 1.807) is 12.2 Å². The summed E-state index contributed by atoms with van der Waals surface area (Å²) < 4.78 is 4.93. The van der Waals surface area contributed by atoms with Gasteiger partial charge in [-0.25, -0.2) is 4.79 Å². The molecule has 0 radical (unpaired) electrons. The van der Waals surface area contributed by atoms with Crippen LogP contribution in [-0.2, 0) is 9.53 Å². The standard InChI is InChI=1S/C25H21NO3/c1-29-25(28)24(22(27)16-15-17-9-3-2-4-10-17)26-23-20-13-7-5-11-18(20)19-12-6-8-14-21(19)23/h2-16,22,24,27H,1H3/b16-15+. The first kappa shape index (κ1) is 18.8. The molecule has 1 aliphatic rings. The number of aliphatic imine (C=N–C) groups is 1. The molecule has 0 heterocycles. The van der Waals surface area contributed by atoms with Crippen molar-refractivity contribution >= 4 is 17.8 Å². The first-order valence-corrected chi connectivity index (χ1v) is 9.45. The van der Waals surface area contributed by atoms with Crippen molar-refractivity contribution in [1.82, 2.24) is 0 Å². The molecular formula is C25H21NO3. The van der Waals surface area contributed by atoms with E-state index in [9.17, 15) is 9.90 Å². The SMILES string of the molecule is COC(=O)C(N=C1c2ccccc2-c2ccccc21)C(O)/C=C/c1ccccc1. The number of ether oxygens (including phenoxy) is 1. The normalized spacial score (nSPS) is 14.2. The lowest BCUT2D eigenvalue weighted by atomic mass is 10.1. The molecule has 29 heavy (non-hydrogen) atoms. The summed E-state index contributed by atoms with van der Waals surface area (Å²) in [6.07, 6.45) is 2.24. The van der Waals surface area contributed by atoms with Crippen LogP contribution in [0.2, 0.25) is 0 Å². The van der Waals surface area contributed by atoms with Gasteiger partial charge < -0.3 is 9.84 Å². The third-order valence-corrected chi connectivity index (χ3v) is 4.97. The Hall–Kier alpha value is -3.50. The highest BCUT2D eigenvalue weighted by Gasteiger charge is 2.30. The summed E-state index contributed by atoms with van der Waals surface area (Å²) in [6, 6.07) is 24.4. The van der Waals surface area contributed by atoms with Gasteiger partial charge in [-0.1, -0.05) is 91.0 Å². The van der Waals surface area contributed by atoms with Crippen LogP contribution in [0, 0.1) is 0 Å². The number of aliphatic hydroxyl groups is 1. The third-order valence-electron chi connectivity index (χ3n) is 4.97. The molecule has 1 aliphatic carbocycles. The van der Waals surface area contributed by atoms with Crippen molar-refractivity contribution in [2.75, 3.05) is 7.11 Å². The number of hydrogen-bond donors (Lipinski definition) is 1. The predicted octanol–water partition coefficient (Wildman–Crippen LogP) is 4.12. The third kappa shape index (κ3) is 3.75. The number of fused-ring (bicyclic) bond motifs is 3. The predicted molar refractivity (Wildman–Crippen MR) is 115 cm³/mol. The van der Waals surface area contributed by atoms with Crippen molar-refractivity contribution in [1.29, 1.82) is 0 Å². The summed E-state index contributed by atoms with van der Waals surface area (Å²) >= 11 is 0. The van der Waals surface area contributed by atoms with Crippen LogP contribution in [0.1, 0.15) is 16.7 Å². The van der Waals surface area contributed by atoms with E-state index in [4.69, 9.17) is 4.74 Å². The fraction of sp³-hybridized carbons (Fsp3) is 0.120. The second kappa shape index (κ2) is 8.25. The fourth-order valence-electron chi connectivity index (χ4n) is 3.54. The summed E-state index contributed by atoms with van der Waals surface area (Å²) in [5.74, 6) is -0.579. The highest BCUT2D eigenvalue weighted by Crippen LogP contribution is 2.37. The first-order chi connectivity index (χ1) is 14.2. The molecule has 4 nitrogen and oxygen atoms in total. The molecule has 4 heteroatoms. The van der Waals surface area contributed by atoms with Crippen molar-refractivity contribution in [2.24, 2.45) is 4.99 Å². The number of benzene rings is 3. The molecule has 4 rings (SSSR count). The molecule has 0 saturated heterocycles. The van der Waals surface area contributed by atoms with Crippen molar-refractivity contribution in [2.45, 2.75) is 12.1 Å². The quantitative estimate of drug-likeness (QED) is 0.528. The van der Waals surface area contributed by atoms with E-state index in [1.807, 2.05) is 78.9 Å². The number of methoxy groups -OCH3 is 1. The smallest absolute Gasteiger partial charge is 0.333 e. The second-order valence-corrected chi connectivity index (χ2v) is 6.80. The molecule has 0 spiro atoms. The Bertz CT molecular complexity index is 1040. The van der Waals surface area contributed by atoms with Gasteiger partial charge in [-0.2, -0.15) is 0 Å². The zero-order chi connectivity index (χ0) is 20.2. The van der Waals surface area contributed by atoms with Gasteiger partial charge in [0, 0.05) is 11.1 Å². The number of carbonyl (C=O) groups excluding carboxylic acids is 1. The minimum Gasteiger partial charge on any atom is -0.467 e. The van der Waals surface area contributed by atoms with Gasteiger partial charge in [-0.05, 0) is 16.7 Å². The second-order valence-electron chi connectivity index (χ2n) is 6.80. The number of hydrogen-bond acceptors (Lipinski definition) is 4. The van der Waals surface area contributed by atoms with Gasteiger partial charge >= 0.3 is 5.97 Å². The molecule has 0 saturated carbocycles. The first-order valence-electron chi connectivity index (χ1n) is 9.45. The zero-order valence-electron chi connectivity index (χ0n) is 16.0. The van der Waals surface area contributed by atoms with Crippen LogP contribution in [0.25, 0.3) is 17.2 Å². The van der Waals surface area contributed by atoms with Gasteiger partial charge in [0.15, 0.2) is 6.04 Å². The largest absolute Gasteiger partial charge is 0.467 e. The van der Waals surface area contributed by atoms with Crippen LogP contribution in [0.5, 0.6) is 0 Å². The number of carbonyl (C=O) groups is 1. The lowest BCUT2D eigenvalue weighted by Gasteiger charge is -2.16. The van der Waals surface area contributed by atoms with Gasteiger partial charge in [-0.3, -0.25) is 4.99 Å². The summed E-state index contributed by atoms with van der Waals surface area (Å²) in [4.78, 5) is 17.1. The fourth-order valence-corrected chi connectivity index (χ4v) is 3.54. The molecule has 3 aromatic carbocycles. The highest BCUT2D eigenvalue weighted by atomic mass is 16.5. The van der Waals surface area contributed by atoms with Crippen LogP contribution in [0.4, 0.5) is 0 Å². The van der Waals surface area contributed by atoms with Gasteiger partial charge in [0.1, 0.15) is 6.10 Å². The average molecular weight is 383 g/mol. The topological polar surface area (TPSA) is 58.9 Å². The molecule has 0 aliphatic heterocycles. The lowest BCUT2D eigenvalue weighted by Crippen LogP contribution is -2.33. The van der Waals surface area contributed by atoms with Crippen molar-refractivity contribution < 1.29 is 14.6 Å². The average Bonchev–Trinajstić information content (AvgIpc) is 3.10. The molecule has 0 bridgehead atoms. The number of nitrogens with zero attached hydrogens (tertiary/aromatic N) is 1. The van der Waals surface area contributed by atoms with Crippen LogP contribution < -0.4 is 0 Å². The Labute approximate surface area is 169 Å². The molecule has 3 aromatic rings. The molecule has 2 unspecified atom stereocenters. The van der Waals surface area contributed by atoms with Crippen LogP contribution >= 0.6 is 0 Å². The van der Waals surface area contributed by atoms with Crippen molar-refractivity contribution in [3.8, 4) is 11.1 Å². The van der Waals surface area contributed by atoms with E-state index >= 15 is 0 Å². The van der Waals surface area contributed by atoms with Gasteiger partial charge in [0.2, 0.25) is 0 Å². The van der Waals surface area contributed by atoms with Crippen LogP contribution in [0.15, 0.2) is 89.9 Å². The highest BCUT2D eigenvalue weighted by molar-refractivity contribution is 6.24. The Morgan fingerprint density at radius 2 is 1.38 bits per heavy atom. The van der Waals surface area contributed by atoms with Crippen LogP contribution in [0.3, 0.4) is 0 Å². The lowest BCUT2D eigenvalue weighted by molar-refractivity contribution is -0.143. The molecule has 144 valence electrons. The van der Waals surface area contributed by atoms with E-state index in [0.717, 1.165) is 27.8 Å². The van der Waals surface area contributed by atoms with Gasteiger partial charge in [-0.15, -0.1) is 0 Å². The summed E-state index contributed by atoms with van der Waals surface area (Å²) in [6.45, 7) is 0. The monoisotopic (exact) mass is 383 g/mol. The maximum Gasteiger partial charge on any atom is 0.333 e. The maximum absolute atomic E-state index is 12.5. The number of rotatable bonds is 5. The van der Waals surface area contributed by atoms with E-state index < -0.39 is 18.1 Å².